The molecular weight excluding hydrogens is 360 g/mol. The molecule has 5 heteroatoms. The first kappa shape index (κ1) is 17.6. The number of pyridine rings is 1. The summed E-state index contributed by atoms with van der Waals surface area (Å²) in [7, 11) is 0. The third-order valence-electron chi connectivity index (χ3n) is 5.55. The Morgan fingerprint density at radius 1 is 0.793 bits per heavy atom. The van der Waals surface area contributed by atoms with Crippen LogP contribution in [0.2, 0.25) is 0 Å². The number of hydrogen-bond acceptors (Lipinski definition) is 4. The topological polar surface area (TPSA) is 61.9 Å². The molecular formula is C24H22N4O. The van der Waals surface area contributed by atoms with Gasteiger partial charge in [-0.05, 0) is 47.6 Å². The average Bonchev–Trinajstić information content (AvgIpc) is 2.80. The van der Waals surface area contributed by atoms with Crippen molar-refractivity contribution >= 4 is 17.0 Å². The van der Waals surface area contributed by atoms with Crippen LogP contribution in [0.1, 0.15) is 19.3 Å². The molecule has 0 radical (unpaired) electrons. The average molecular weight is 382 g/mol. The van der Waals surface area contributed by atoms with Crippen LogP contribution >= 0.6 is 0 Å². The minimum atomic E-state index is -0.134. The predicted octanol–water partition coefficient (Wildman–Crippen LogP) is 4.64. The van der Waals surface area contributed by atoms with Crippen molar-refractivity contribution in [2.24, 2.45) is 0 Å². The zero-order valence-corrected chi connectivity index (χ0v) is 16.1. The molecule has 1 saturated heterocycles. The second kappa shape index (κ2) is 7.51. The van der Waals surface area contributed by atoms with E-state index >= 15 is 0 Å². The van der Waals surface area contributed by atoms with Crippen molar-refractivity contribution in [2.45, 2.75) is 19.3 Å². The summed E-state index contributed by atoms with van der Waals surface area (Å²) in [5, 5.41) is 0.542. The Balaban J connectivity index is 1.56. The number of H-pyrrole nitrogens is 1. The van der Waals surface area contributed by atoms with Gasteiger partial charge in [-0.2, -0.15) is 4.98 Å². The number of rotatable bonds is 3. The summed E-state index contributed by atoms with van der Waals surface area (Å²) in [4.78, 5) is 27.2. The van der Waals surface area contributed by atoms with E-state index in [-0.39, 0.29) is 5.56 Å². The van der Waals surface area contributed by atoms with Crippen LogP contribution in [0, 0.1) is 0 Å². The van der Waals surface area contributed by atoms with Gasteiger partial charge in [0.2, 0.25) is 5.95 Å². The van der Waals surface area contributed by atoms with Crippen molar-refractivity contribution in [3.05, 3.63) is 77.2 Å². The highest BCUT2D eigenvalue weighted by atomic mass is 16.1. The summed E-state index contributed by atoms with van der Waals surface area (Å²) in [6.07, 6.45) is 5.22. The van der Waals surface area contributed by atoms with Gasteiger partial charge in [0.25, 0.3) is 5.56 Å². The smallest absolute Gasteiger partial charge is 0.262 e. The van der Waals surface area contributed by atoms with Crippen LogP contribution in [0.5, 0.6) is 0 Å². The van der Waals surface area contributed by atoms with Crippen LogP contribution in [0.25, 0.3) is 33.3 Å². The van der Waals surface area contributed by atoms with Crippen LogP contribution in [-0.2, 0) is 0 Å². The molecule has 5 rings (SSSR count). The molecule has 0 spiro atoms. The van der Waals surface area contributed by atoms with Crippen molar-refractivity contribution in [1.82, 2.24) is 15.0 Å². The lowest BCUT2D eigenvalue weighted by atomic mass is 9.99. The molecule has 0 bridgehead atoms. The highest BCUT2D eigenvalue weighted by molar-refractivity contribution is 5.92. The molecule has 2 aromatic heterocycles. The summed E-state index contributed by atoms with van der Waals surface area (Å²) in [6, 6.07) is 20.4. The molecule has 29 heavy (non-hydrogen) atoms. The van der Waals surface area contributed by atoms with Crippen LogP contribution < -0.4 is 10.5 Å². The number of aromatic nitrogens is 3. The molecule has 5 nitrogen and oxygen atoms in total. The monoisotopic (exact) mass is 382 g/mol. The molecule has 4 aromatic rings. The minimum absolute atomic E-state index is 0.134. The molecule has 0 aliphatic carbocycles. The highest BCUT2D eigenvalue weighted by Gasteiger charge is 2.17. The van der Waals surface area contributed by atoms with Crippen molar-refractivity contribution in [3.63, 3.8) is 0 Å². The fourth-order valence-electron chi connectivity index (χ4n) is 4.02. The van der Waals surface area contributed by atoms with Gasteiger partial charge in [-0.1, -0.05) is 54.6 Å². The lowest BCUT2D eigenvalue weighted by Crippen LogP contribution is -2.32. The Bertz CT molecular complexity index is 1190. The number of nitrogens with zero attached hydrogens (tertiary/aromatic N) is 3. The largest absolute Gasteiger partial charge is 0.342 e. The number of fused-ring (bicyclic) bond motifs is 1. The molecule has 1 aliphatic rings. The van der Waals surface area contributed by atoms with Gasteiger partial charge in [-0.15, -0.1) is 0 Å². The summed E-state index contributed by atoms with van der Waals surface area (Å²) < 4.78 is 0. The number of aromatic amines is 1. The fourth-order valence-corrected chi connectivity index (χ4v) is 4.02. The van der Waals surface area contributed by atoms with E-state index in [1.165, 1.54) is 12.0 Å². The van der Waals surface area contributed by atoms with E-state index < -0.39 is 0 Å². The molecule has 1 fully saturated rings. The van der Waals surface area contributed by atoms with Crippen molar-refractivity contribution in [1.29, 1.82) is 0 Å². The number of benzene rings is 2. The second-order valence-electron chi connectivity index (χ2n) is 7.44. The molecule has 0 atom stereocenters. The molecule has 0 saturated carbocycles. The summed E-state index contributed by atoms with van der Waals surface area (Å²) in [5.74, 6) is 0.631. The van der Waals surface area contributed by atoms with Gasteiger partial charge < -0.3 is 4.90 Å². The number of piperidine rings is 1. The number of nitrogens with one attached hydrogen (secondary N) is 1. The number of hydrogen-bond donors (Lipinski definition) is 1. The summed E-state index contributed by atoms with van der Waals surface area (Å²) >= 11 is 0. The Kier molecular flexibility index (Phi) is 4.56. The van der Waals surface area contributed by atoms with Gasteiger partial charge >= 0.3 is 0 Å². The molecule has 144 valence electrons. The van der Waals surface area contributed by atoms with Gasteiger partial charge in [-0.25, -0.2) is 4.98 Å². The quantitative estimate of drug-likeness (QED) is 0.561. The fraction of sp³-hybridized carbons (Fsp3) is 0.208. The summed E-state index contributed by atoms with van der Waals surface area (Å²) in [5.41, 5.74) is 4.52. The van der Waals surface area contributed by atoms with Gasteiger partial charge in [-0.3, -0.25) is 9.78 Å². The maximum atomic E-state index is 13.0. The lowest BCUT2D eigenvalue weighted by molar-refractivity contribution is 0.568. The van der Waals surface area contributed by atoms with Crippen LogP contribution in [0.15, 0.2) is 71.7 Å². The lowest BCUT2D eigenvalue weighted by Gasteiger charge is -2.27. The maximum Gasteiger partial charge on any atom is 0.262 e. The SMILES string of the molecule is O=c1[nH]c(N2CCCCC2)nc2nccc(-c3ccc(-c4ccccc4)cc3)c12. The molecule has 0 unspecified atom stereocenters. The molecule has 1 N–H and O–H groups in total. The van der Waals surface area contributed by atoms with Gasteiger partial charge in [0, 0.05) is 19.3 Å². The van der Waals surface area contributed by atoms with Gasteiger partial charge in [0.1, 0.15) is 0 Å². The summed E-state index contributed by atoms with van der Waals surface area (Å²) in [6.45, 7) is 1.85. The first-order valence-electron chi connectivity index (χ1n) is 10.1. The molecule has 2 aromatic carbocycles. The second-order valence-corrected chi connectivity index (χ2v) is 7.44. The zero-order valence-electron chi connectivity index (χ0n) is 16.1. The zero-order chi connectivity index (χ0) is 19.6. The normalized spacial score (nSPS) is 14.3. The van der Waals surface area contributed by atoms with E-state index in [2.05, 4.69) is 56.3 Å². The van der Waals surface area contributed by atoms with Crippen molar-refractivity contribution < 1.29 is 0 Å². The van der Waals surface area contributed by atoms with Crippen molar-refractivity contribution in [3.8, 4) is 22.3 Å². The Hall–Kier alpha value is -3.47. The molecule has 0 amide bonds. The Labute approximate surface area is 169 Å². The van der Waals surface area contributed by atoms with E-state index in [1.807, 2.05) is 24.3 Å². The minimum Gasteiger partial charge on any atom is -0.342 e. The van der Waals surface area contributed by atoms with Crippen LogP contribution in [0.4, 0.5) is 5.95 Å². The van der Waals surface area contributed by atoms with Crippen LogP contribution in [-0.4, -0.2) is 28.0 Å². The Morgan fingerprint density at radius 3 is 2.24 bits per heavy atom. The first-order chi connectivity index (χ1) is 14.3. The van der Waals surface area contributed by atoms with E-state index in [0.717, 1.165) is 42.6 Å². The van der Waals surface area contributed by atoms with Crippen molar-refractivity contribution in [2.75, 3.05) is 18.0 Å². The first-order valence-corrected chi connectivity index (χ1v) is 10.1. The van der Waals surface area contributed by atoms with E-state index in [0.29, 0.717) is 17.0 Å². The van der Waals surface area contributed by atoms with Gasteiger partial charge in [0.05, 0.1) is 5.39 Å². The predicted molar refractivity (Wildman–Crippen MR) is 117 cm³/mol. The third-order valence-corrected chi connectivity index (χ3v) is 5.55. The Morgan fingerprint density at radius 2 is 1.48 bits per heavy atom. The highest BCUT2D eigenvalue weighted by Crippen LogP contribution is 2.28. The third kappa shape index (κ3) is 3.40. The number of anilines is 1. The molecule has 1 aliphatic heterocycles. The van der Waals surface area contributed by atoms with E-state index in [4.69, 9.17) is 0 Å². The maximum absolute atomic E-state index is 13.0. The van der Waals surface area contributed by atoms with E-state index in [1.54, 1.807) is 6.20 Å². The van der Waals surface area contributed by atoms with E-state index in [9.17, 15) is 4.79 Å². The van der Waals surface area contributed by atoms with Crippen LogP contribution in [0.3, 0.4) is 0 Å². The van der Waals surface area contributed by atoms with Gasteiger partial charge in [0.15, 0.2) is 5.65 Å². The molecule has 3 heterocycles. The standard InChI is InChI=1S/C24H22N4O/c29-23-21-20(19-11-9-18(10-12-19)17-7-3-1-4-8-17)13-14-25-22(21)26-24(27-23)28-15-5-2-6-16-28/h1,3-4,7-14H,2,5-6,15-16H2,(H,25,26,27,29).